The number of hydrogen-bond acceptors (Lipinski definition) is 3. The van der Waals surface area contributed by atoms with E-state index in [1.165, 1.54) is 32.4 Å². The number of rotatable bonds is 3. The maximum atomic E-state index is 7.33. The predicted octanol–water partition coefficient (Wildman–Crippen LogP) is 8.32. The first kappa shape index (κ1) is 23.2. The van der Waals surface area contributed by atoms with E-state index in [0.29, 0.717) is 11.3 Å². The van der Waals surface area contributed by atoms with Crippen LogP contribution in [0, 0.1) is 19.0 Å². The maximum absolute atomic E-state index is 7.33. The van der Waals surface area contributed by atoms with Crippen LogP contribution in [0.15, 0.2) is 97.3 Å². The van der Waals surface area contributed by atoms with Crippen molar-refractivity contribution in [2.45, 2.75) is 26.5 Å². The van der Waals surface area contributed by atoms with E-state index in [4.69, 9.17) is 4.11 Å². The van der Waals surface area contributed by atoms with Gasteiger partial charge in [-0.15, -0.1) is 59.7 Å². The van der Waals surface area contributed by atoms with Gasteiger partial charge in [0.25, 0.3) is 0 Å². The van der Waals surface area contributed by atoms with Gasteiger partial charge in [0.2, 0.25) is 0 Å². The molecule has 3 aromatic carbocycles. The van der Waals surface area contributed by atoms with Crippen LogP contribution in [-0.4, -0.2) is 18.0 Å². The summed E-state index contributed by atoms with van der Waals surface area (Å²) >= 11 is 1.90. The van der Waals surface area contributed by atoms with Gasteiger partial charge in [-0.2, -0.15) is 11.3 Å². The number of nitrogens with zero attached hydrogens (tertiary/aromatic N) is 2. The van der Waals surface area contributed by atoms with Gasteiger partial charge in [0.05, 0.1) is 8.07 Å². The van der Waals surface area contributed by atoms with E-state index in [1.54, 1.807) is 17.3 Å². The van der Waals surface area contributed by atoms with E-state index in [-0.39, 0.29) is 20.1 Å². The van der Waals surface area contributed by atoms with Crippen molar-refractivity contribution in [2.24, 2.45) is 0 Å². The van der Waals surface area contributed by atoms with Crippen LogP contribution in [0.3, 0.4) is 0 Å². The molecule has 6 rings (SSSR count). The standard InChI is InChI=1S/C20H18NSSi.C12H10N.Ir/c1-23(2,3)18-12-7-9-15-14-8-6-10-16(19(14)22-20(15)18)17-11-4-5-13-21-17;1-10-7-8-13-12(9-10)11-5-3-2-4-6-11;/h4-9,11-13H,1-3H3;2-5,7-9H,1H3;/q2*-1;/i;1D3;. The molecule has 2 nitrogen and oxygen atoms in total. The molecule has 0 spiro atoms. The van der Waals surface area contributed by atoms with Gasteiger partial charge in [-0.25, -0.2) is 0 Å². The van der Waals surface area contributed by atoms with Crippen molar-refractivity contribution in [3.63, 3.8) is 0 Å². The van der Waals surface area contributed by atoms with Crippen molar-refractivity contribution in [3.8, 4) is 22.5 Å². The van der Waals surface area contributed by atoms with Crippen LogP contribution in [0.4, 0.5) is 0 Å². The van der Waals surface area contributed by atoms with Gasteiger partial charge >= 0.3 is 0 Å². The summed E-state index contributed by atoms with van der Waals surface area (Å²) in [6.07, 6.45) is 3.36. The molecular weight excluding hydrogens is 665 g/mol. The van der Waals surface area contributed by atoms with Crippen LogP contribution < -0.4 is 5.19 Å². The Kier molecular flexibility index (Phi) is 7.28. The predicted molar refractivity (Wildman–Crippen MR) is 158 cm³/mol. The third-order valence-corrected chi connectivity index (χ3v) is 9.42. The average Bonchev–Trinajstić information content (AvgIpc) is 3.32. The van der Waals surface area contributed by atoms with Gasteiger partial charge in [0.15, 0.2) is 0 Å². The van der Waals surface area contributed by atoms with Crippen molar-refractivity contribution in [1.29, 1.82) is 0 Å². The zero-order chi connectivity index (χ0) is 27.6. The molecule has 3 aromatic heterocycles. The van der Waals surface area contributed by atoms with Crippen LogP contribution in [-0.2, 0) is 20.1 Å². The van der Waals surface area contributed by atoms with Gasteiger partial charge in [0.1, 0.15) is 0 Å². The average molecular weight is 696 g/mol. The second-order valence-electron chi connectivity index (χ2n) is 9.55. The fourth-order valence-corrected chi connectivity index (χ4v) is 7.89. The van der Waals surface area contributed by atoms with Crippen molar-refractivity contribution in [3.05, 3.63) is 115 Å². The molecule has 0 amide bonds. The molecule has 1 radical (unpaired) electrons. The number of aromatic nitrogens is 2. The van der Waals surface area contributed by atoms with Crippen LogP contribution >= 0.6 is 11.3 Å². The Bertz CT molecular complexity index is 1730. The molecular formula is C32H28IrN2SSi-2. The number of aryl methyl sites for hydroxylation is 1. The zero-order valence-electron chi connectivity index (χ0n) is 23.9. The third kappa shape index (κ3) is 5.97. The van der Waals surface area contributed by atoms with Crippen LogP contribution in [0.2, 0.25) is 19.6 Å². The first-order chi connectivity index (χ1) is 18.6. The van der Waals surface area contributed by atoms with Gasteiger partial charge in [-0.1, -0.05) is 67.0 Å². The van der Waals surface area contributed by atoms with Gasteiger partial charge in [-0.3, -0.25) is 0 Å². The van der Waals surface area contributed by atoms with E-state index < -0.39 is 14.9 Å². The SMILES string of the molecule is C[Si](C)(C)c1cccc2c1sc1c(-c3ccccn3)[c-]ccc12.[2H]C([2H])([2H])c1ccnc(-c2[c-]cccc2)c1.[Ir]. The molecule has 0 fully saturated rings. The molecule has 0 saturated heterocycles. The van der Waals surface area contributed by atoms with Gasteiger partial charge < -0.3 is 9.97 Å². The summed E-state index contributed by atoms with van der Waals surface area (Å²) in [5.74, 6) is 0. The minimum absolute atomic E-state index is 0. The third-order valence-electron chi connectivity index (χ3n) is 5.93. The molecule has 0 aliphatic rings. The molecule has 0 atom stereocenters. The summed E-state index contributed by atoms with van der Waals surface area (Å²) in [6.45, 7) is 5.15. The second kappa shape index (κ2) is 11.6. The minimum atomic E-state index is -2.09. The van der Waals surface area contributed by atoms with Gasteiger partial charge in [-0.05, 0) is 45.6 Å². The normalized spacial score (nSPS) is 12.6. The Morgan fingerprint density at radius 3 is 2.30 bits per heavy atom. The quantitative estimate of drug-likeness (QED) is 0.138. The molecule has 0 saturated carbocycles. The monoisotopic (exact) mass is 696 g/mol. The first-order valence-corrected chi connectivity index (χ1v) is 16.2. The zero-order valence-corrected chi connectivity index (χ0v) is 25.1. The summed E-state index contributed by atoms with van der Waals surface area (Å²) in [4.78, 5) is 8.67. The molecule has 37 heavy (non-hydrogen) atoms. The smallest absolute Gasteiger partial charge is 0.0794 e. The molecule has 0 unspecified atom stereocenters. The number of hydrogen-bond donors (Lipinski definition) is 0. The summed E-state index contributed by atoms with van der Waals surface area (Å²) in [5.41, 5.74) is 3.85. The fraction of sp³-hybridized carbons (Fsp3) is 0.125. The number of benzene rings is 3. The molecule has 0 aliphatic heterocycles. The van der Waals surface area contributed by atoms with Crippen LogP contribution in [0.5, 0.6) is 0 Å². The van der Waals surface area contributed by atoms with E-state index in [1.807, 2.05) is 53.9 Å². The minimum Gasteiger partial charge on any atom is -0.305 e. The van der Waals surface area contributed by atoms with Crippen molar-refractivity contribution < 1.29 is 24.2 Å². The molecule has 5 heteroatoms. The molecule has 3 heterocycles. The summed E-state index contributed by atoms with van der Waals surface area (Å²) in [5, 5.41) is 4.24. The number of thiophene rings is 1. The largest absolute Gasteiger partial charge is 0.305 e. The van der Waals surface area contributed by atoms with E-state index >= 15 is 0 Å². The van der Waals surface area contributed by atoms with E-state index in [2.05, 4.69) is 72.1 Å². The van der Waals surface area contributed by atoms with Crippen LogP contribution in [0.25, 0.3) is 42.7 Å². The Hall–Kier alpha value is -2.95. The van der Waals surface area contributed by atoms with Gasteiger partial charge in [0, 0.05) is 41.3 Å². The Morgan fingerprint density at radius 1 is 0.757 bits per heavy atom. The molecule has 0 aliphatic carbocycles. The first-order valence-electron chi connectivity index (χ1n) is 13.3. The van der Waals surface area contributed by atoms with Crippen molar-refractivity contribution >= 4 is 44.8 Å². The van der Waals surface area contributed by atoms with E-state index in [0.717, 1.165) is 16.8 Å². The fourth-order valence-electron chi connectivity index (χ4n) is 4.19. The number of fused-ring (bicyclic) bond motifs is 3. The topological polar surface area (TPSA) is 25.8 Å². The molecule has 187 valence electrons. The van der Waals surface area contributed by atoms with Crippen LogP contribution in [0.1, 0.15) is 9.68 Å². The summed E-state index contributed by atoms with van der Waals surface area (Å²) in [6, 6.07) is 33.9. The Labute approximate surface area is 242 Å². The van der Waals surface area contributed by atoms with E-state index in [9.17, 15) is 0 Å². The number of pyridine rings is 2. The Balaban J connectivity index is 0.000000192. The van der Waals surface area contributed by atoms with Crippen molar-refractivity contribution in [2.75, 3.05) is 0 Å². The summed E-state index contributed by atoms with van der Waals surface area (Å²) < 4.78 is 24.7. The Morgan fingerprint density at radius 2 is 1.57 bits per heavy atom. The second-order valence-corrected chi connectivity index (χ2v) is 15.6. The maximum Gasteiger partial charge on any atom is 0.0794 e. The summed E-state index contributed by atoms with van der Waals surface area (Å²) in [7, 11) is -1.37. The molecule has 0 bridgehead atoms. The van der Waals surface area contributed by atoms with Crippen molar-refractivity contribution in [1.82, 2.24) is 9.97 Å². The molecule has 6 aromatic rings. The molecule has 0 N–H and O–H groups in total.